The fourth-order valence-electron chi connectivity index (χ4n) is 1.44. The van der Waals surface area contributed by atoms with Gasteiger partial charge in [-0.05, 0) is 45.4 Å². The Hall–Kier alpha value is -0.590. The molecule has 1 unspecified atom stereocenters. The summed E-state index contributed by atoms with van der Waals surface area (Å²) in [6.07, 6.45) is 7.06. The van der Waals surface area contributed by atoms with E-state index in [1.165, 1.54) is 19.3 Å². The average molecular weight is 196 g/mol. The summed E-state index contributed by atoms with van der Waals surface area (Å²) in [5.74, 6) is 0. The van der Waals surface area contributed by atoms with E-state index in [0.717, 1.165) is 25.9 Å². The highest BCUT2D eigenvalue weighted by molar-refractivity contribution is 5.00. The third-order valence-electron chi connectivity index (χ3n) is 2.75. The molecule has 1 aliphatic carbocycles. The fourth-order valence-corrected chi connectivity index (χ4v) is 1.44. The molecule has 1 atom stereocenters. The van der Waals surface area contributed by atoms with Crippen LogP contribution in [0.1, 0.15) is 45.4 Å². The highest BCUT2D eigenvalue weighted by atomic mass is 16.5. The van der Waals surface area contributed by atoms with E-state index in [0.29, 0.717) is 6.10 Å². The molecule has 80 valence electrons. The van der Waals surface area contributed by atoms with Crippen molar-refractivity contribution in [2.75, 3.05) is 6.61 Å². The van der Waals surface area contributed by atoms with Gasteiger partial charge in [0.05, 0.1) is 12.2 Å². The molecule has 1 aliphatic rings. The lowest BCUT2D eigenvalue weighted by molar-refractivity contribution is 0.000437. The number of nitrogens with zero attached hydrogens (tertiary/aromatic N) is 1. The first-order chi connectivity index (χ1) is 6.64. The minimum atomic E-state index is -0.656. The third kappa shape index (κ3) is 4.08. The molecule has 1 saturated carbocycles. The summed E-state index contributed by atoms with van der Waals surface area (Å²) in [6.45, 7) is 2.60. The summed E-state index contributed by atoms with van der Waals surface area (Å²) in [5, 5.41) is 8.68. The molecule has 0 radical (unpaired) electrons. The van der Waals surface area contributed by atoms with Gasteiger partial charge in [0.2, 0.25) is 0 Å². The molecule has 1 fully saturated rings. The quantitative estimate of drug-likeness (QED) is 0.661. The van der Waals surface area contributed by atoms with Crippen LogP contribution in [0.25, 0.3) is 0 Å². The van der Waals surface area contributed by atoms with Gasteiger partial charge in [-0.25, -0.2) is 0 Å². The zero-order valence-corrected chi connectivity index (χ0v) is 8.96. The van der Waals surface area contributed by atoms with Crippen LogP contribution in [-0.4, -0.2) is 18.2 Å². The van der Waals surface area contributed by atoms with E-state index >= 15 is 0 Å². The second kappa shape index (κ2) is 5.33. The van der Waals surface area contributed by atoms with E-state index in [1.54, 1.807) is 6.92 Å². The molecule has 14 heavy (non-hydrogen) atoms. The molecule has 0 aliphatic heterocycles. The standard InChI is InChI=1S/C11H20N2O/c1-11(13,9-12)7-2-3-8-14-10-5-4-6-10/h10H,2-8,13H2,1H3. The van der Waals surface area contributed by atoms with E-state index in [4.69, 9.17) is 15.7 Å². The molecule has 0 saturated heterocycles. The number of unbranched alkanes of at least 4 members (excludes halogenated alkanes) is 1. The topological polar surface area (TPSA) is 59.0 Å². The predicted molar refractivity (Wildman–Crippen MR) is 55.6 cm³/mol. The Morgan fingerprint density at radius 3 is 2.71 bits per heavy atom. The third-order valence-corrected chi connectivity index (χ3v) is 2.75. The van der Waals surface area contributed by atoms with Gasteiger partial charge in [0, 0.05) is 6.61 Å². The number of rotatable bonds is 6. The second-order valence-electron chi connectivity index (χ2n) is 4.41. The van der Waals surface area contributed by atoms with Gasteiger partial charge < -0.3 is 10.5 Å². The molecule has 0 heterocycles. The van der Waals surface area contributed by atoms with Crippen LogP contribution < -0.4 is 5.73 Å². The van der Waals surface area contributed by atoms with Gasteiger partial charge in [-0.2, -0.15) is 5.26 Å². The average Bonchev–Trinajstić information content (AvgIpc) is 2.08. The molecular weight excluding hydrogens is 176 g/mol. The van der Waals surface area contributed by atoms with Gasteiger partial charge in [0.25, 0.3) is 0 Å². The van der Waals surface area contributed by atoms with Gasteiger partial charge >= 0.3 is 0 Å². The molecule has 3 heteroatoms. The number of nitriles is 1. The Morgan fingerprint density at radius 1 is 1.50 bits per heavy atom. The Labute approximate surface area is 86.2 Å². The number of ether oxygens (including phenoxy) is 1. The van der Waals surface area contributed by atoms with Crippen molar-refractivity contribution in [1.82, 2.24) is 0 Å². The van der Waals surface area contributed by atoms with Gasteiger partial charge in [0.1, 0.15) is 5.54 Å². The van der Waals surface area contributed by atoms with E-state index in [1.807, 2.05) is 0 Å². The summed E-state index contributed by atoms with van der Waals surface area (Å²) in [6, 6.07) is 2.10. The lowest BCUT2D eigenvalue weighted by atomic mass is 9.96. The molecule has 3 nitrogen and oxygen atoms in total. The summed E-state index contributed by atoms with van der Waals surface area (Å²) in [4.78, 5) is 0. The molecule has 0 bridgehead atoms. The van der Waals surface area contributed by atoms with E-state index in [9.17, 15) is 0 Å². The maximum absolute atomic E-state index is 8.68. The molecule has 0 amide bonds. The first-order valence-electron chi connectivity index (χ1n) is 5.46. The second-order valence-corrected chi connectivity index (χ2v) is 4.41. The summed E-state index contributed by atoms with van der Waals surface area (Å²) >= 11 is 0. The molecular formula is C11H20N2O. The molecule has 0 aromatic heterocycles. The largest absolute Gasteiger partial charge is 0.378 e. The van der Waals surface area contributed by atoms with Crippen LogP contribution >= 0.6 is 0 Å². The normalized spacial score (nSPS) is 20.9. The monoisotopic (exact) mass is 196 g/mol. The Bertz CT molecular complexity index is 204. The SMILES string of the molecule is CC(N)(C#N)CCCCOC1CCC1. The number of hydrogen-bond donors (Lipinski definition) is 1. The lowest BCUT2D eigenvalue weighted by Gasteiger charge is -2.25. The van der Waals surface area contributed by atoms with Crippen molar-refractivity contribution in [2.24, 2.45) is 5.73 Å². The summed E-state index contributed by atoms with van der Waals surface area (Å²) < 4.78 is 5.60. The van der Waals surface area contributed by atoms with Gasteiger partial charge in [-0.3, -0.25) is 0 Å². The summed E-state index contributed by atoms with van der Waals surface area (Å²) in [5.41, 5.74) is 5.04. The van der Waals surface area contributed by atoms with Crippen molar-refractivity contribution < 1.29 is 4.74 Å². The zero-order chi connectivity index (χ0) is 10.4. The minimum Gasteiger partial charge on any atom is -0.378 e. The van der Waals surface area contributed by atoms with E-state index < -0.39 is 5.54 Å². The van der Waals surface area contributed by atoms with Crippen molar-refractivity contribution in [3.8, 4) is 6.07 Å². The smallest absolute Gasteiger partial charge is 0.101 e. The zero-order valence-electron chi connectivity index (χ0n) is 8.96. The molecule has 0 spiro atoms. The molecule has 0 aromatic carbocycles. The molecule has 2 N–H and O–H groups in total. The van der Waals surface area contributed by atoms with Crippen LogP contribution in [0.15, 0.2) is 0 Å². The van der Waals surface area contributed by atoms with Gasteiger partial charge in [-0.15, -0.1) is 0 Å². The Kier molecular flexibility index (Phi) is 4.37. The number of hydrogen-bond acceptors (Lipinski definition) is 3. The van der Waals surface area contributed by atoms with Crippen LogP contribution in [0.4, 0.5) is 0 Å². The lowest BCUT2D eigenvalue weighted by Crippen LogP contribution is -2.33. The maximum Gasteiger partial charge on any atom is 0.101 e. The first-order valence-corrected chi connectivity index (χ1v) is 5.46. The predicted octanol–water partition coefficient (Wildman–Crippen LogP) is 1.97. The van der Waals surface area contributed by atoms with Crippen molar-refractivity contribution in [1.29, 1.82) is 5.26 Å². The van der Waals surface area contributed by atoms with Gasteiger partial charge in [-0.1, -0.05) is 0 Å². The number of nitrogens with two attached hydrogens (primary N) is 1. The van der Waals surface area contributed by atoms with Crippen LogP contribution in [0.5, 0.6) is 0 Å². The minimum absolute atomic E-state index is 0.523. The highest BCUT2D eigenvalue weighted by Crippen LogP contribution is 2.22. The van der Waals surface area contributed by atoms with Crippen LogP contribution in [-0.2, 0) is 4.74 Å². The van der Waals surface area contributed by atoms with Crippen molar-refractivity contribution in [3.05, 3.63) is 0 Å². The molecule has 1 rings (SSSR count). The van der Waals surface area contributed by atoms with Crippen LogP contribution in [0.3, 0.4) is 0 Å². The van der Waals surface area contributed by atoms with Crippen molar-refractivity contribution in [3.63, 3.8) is 0 Å². The van der Waals surface area contributed by atoms with Crippen LogP contribution in [0.2, 0.25) is 0 Å². The van der Waals surface area contributed by atoms with Crippen LogP contribution in [0, 0.1) is 11.3 Å². The fraction of sp³-hybridized carbons (Fsp3) is 0.909. The maximum atomic E-state index is 8.68. The highest BCUT2D eigenvalue weighted by Gasteiger charge is 2.18. The first kappa shape index (κ1) is 11.5. The Balaban J connectivity index is 1.91. The van der Waals surface area contributed by atoms with Crippen molar-refractivity contribution in [2.45, 2.75) is 57.1 Å². The van der Waals surface area contributed by atoms with Crippen molar-refractivity contribution >= 4 is 0 Å². The van der Waals surface area contributed by atoms with E-state index in [2.05, 4.69) is 6.07 Å². The molecule has 0 aromatic rings. The Morgan fingerprint density at radius 2 is 2.21 bits per heavy atom. The van der Waals surface area contributed by atoms with E-state index in [-0.39, 0.29) is 0 Å². The van der Waals surface area contributed by atoms with Gasteiger partial charge in [0.15, 0.2) is 0 Å². The summed E-state index contributed by atoms with van der Waals surface area (Å²) in [7, 11) is 0.